The van der Waals surface area contributed by atoms with Crippen molar-refractivity contribution in [2.24, 2.45) is 0 Å². The first kappa shape index (κ1) is 11.6. The largest absolute Gasteiger partial charge is 0.378 e. The Hall–Kier alpha value is -0.840. The van der Waals surface area contributed by atoms with E-state index in [1.807, 2.05) is 0 Å². The van der Waals surface area contributed by atoms with Crippen LogP contribution in [-0.2, 0) is 4.74 Å². The highest BCUT2D eigenvalue weighted by Gasteiger charge is 2.21. The average Bonchev–Trinajstić information content (AvgIpc) is 2.32. The number of carbonyl (C=O) groups is 1. The van der Waals surface area contributed by atoms with Gasteiger partial charge < -0.3 is 9.64 Å². The highest BCUT2D eigenvalue weighted by atomic mass is 35.5. The van der Waals surface area contributed by atoms with Crippen molar-refractivity contribution in [1.29, 1.82) is 0 Å². The van der Waals surface area contributed by atoms with Gasteiger partial charge in [-0.1, -0.05) is 23.2 Å². The predicted octanol–water partition coefficient (Wildman–Crippen LogP) is 1.86. The van der Waals surface area contributed by atoms with Crippen LogP contribution in [0.5, 0.6) is 0 Å². The van der Waals surface area contributed by atoms with Crippen LogP contribution in [0.2, 0.25) is 10.2 Å². The number of ether oxygens (including phenoxy) is 1. The molecule has 0 spiro atoms. The molecule has 4 nitrogen and oxygen atoms in total. The van der Waals surface area contributed by atoms with Gasteiger partial charge >= 0.3 is 0 Å². The molecule has 2 rings (SSSR count). The fourth-order valence-corrected chi connectivity index (χ4v) is 1.86. The van der Waals surface area contributed by atoms with E-state index in [-0.39, 0.29) is 11.1 Å². The Morgan fingerprint density at radius 1 is 1.38 bits per heavy atom. The molecule has 86 valence electrons. The van der Waals surface area contributed by atoms with Gasteiger partial charge in [0.1, 0.15) is 5.15 Å². The number of hydrogen-bond donors (Lipinski definition) is 0. The summed E-state index contributed by atoms with van der Waals surface area (Å²) in [5.41, 5.74) is 0.392. The third kappa shape index (κ3) is 2.45. The number of amides is 1. The normalized spacial score (nSPS) is 16.2. The van der Waals surface area contributed by atoms with Gasteiger partial charge in [0.2, 0.25) is 0 Å². The van der Waals surface area contributed by atoms with Crippen molar-refractivity contribution in [2.75, 3.05) is 26.3 Å². The Kier molecular flexibility index (Phi) is 3.63. The number of rotatable bonds is 1. The molecule has 2 heterocycles. The Morgan fingerprint density at radius 2 is 2.06 bits per heavy atom. The van der Waals surface area contributed by atoms with Gasteiger partial charge in [-0.25, -0.2) is 4.98 Å². The molecule has 1 aromatic rings. The minimum Gasteiger partial charge on any atom is -0.378 e. The van der Waals surface area contributed by atoms with E-state index in [0.29, 0.717) is 36.9 Å². The number of morpholine rings is 1. The molecule has 6 heteroatoms. The van der Waals surface area contributed by atoms with Gasteiger partial charge in [0.25, 0.3) is 5.91 Å². The van der Waals surface area contributed by atoms with Crippen molar-refractivity contribution >= 4 is 29.1 Å². The fraction of sp³-hybridized carbons (Fsp3) is 0.400. The van der Waals surface area contributed by atoms with Gasteiger partial charge in [-0.2, -0.15) is 0 Å². The summed E-state index contributed by atoms with van der Waals surface area (Å²) in [5.74, 6) is -0.127. The summed E-state index contributed by atoms with van der Waals surface area (Å²) in [4.78, 5) is 17.6. The lowest BCUT2D eigenvalue weighted by Gasteiger charge is -2.27. The number of pyridine rings is 1. The maximum absolute atomic E-state index is 12.1. The summed E-state index contributed by atoms with van der Waals surface area (Å²) in [6.45, 7) is 2.27. The summed E-state index contributed by atoms with van der Waals surface area (Å²) >= 11 is 11.6. The number of aromatic nitrogens is 1. The molecule has 1 aliphatic heterocycles. The molecule has 0 aromatic carbocycles. The topological polar surface area (TPSA) is 42.4 Å². The van der Waals surface area contributed by atoms with Crippen LogP contribution in [-0.4, -0.2) is 42.1 Å². The van der Waals surface area contributed by atoms with Crippen LogP contribution in [0, 0.1) is 0 Å². The summed E-state index contributed by atoms with van der Waals surface area (Å²) < 4.78 is 5.17. The van der Waals surface area contributed by atoms with Crippen molar-refractivity contribution in [3.63, 3.8) is 0 Å². The number of carbonyl (C=O) groups excluding carboxylic acids is 1. The quantitative estimate of drug-likeness (QED) is 0.724. The average molecular weight is 261 g/mol. The fourth-order valence-electron chi connectivity index (χ4n) is 1.51. The summed E-state index contributed by atoms with van der Waals surface area (Å²) in [6, 6.07) is 1.49. The van der Waals surface area contributed by atoms with E-state index in [4.69, 9.17) is 27.9 Å². The van der Waals surface area contributed by atoms with Gasteiger partial charge in [-0.15, -0.1) is 0 Å². The number of hydrogen-bond acceptors (Lipinski definition) is 3. The molecular formula is C10H10Cl2N2O2. The highest BCUT2D eigenvalue weighted by Crippen LogP contribution is 2.20. The van der Waals surface area contributed by atoms with Gasteiger partial charge in [0.15, 0.2) is 0 Å². The van der Waals surface area contributed by atoms with Gasteiger partial charge in [-0.3, -0.25) is 4.79 Å². The van der Waals surface area contributed by atoms with Crippen LogP contribution in [0.1, 0.15) is 10.4 Å². The van der Waals surface area contributed by atoms with Crippen LogP contribution in [0.4, 0.5) is 0 Å². The number of halogens is 2. The van der Waals surface area contributed by atoms with Crippen molar-refractivity contribution in [3.8, 4) is 0 Å². The third-order valence-electron chi connectivity index (χ3n) is 2.35. The van der Waals surface area contributed by atoms with Crippen LogP contribution >= 0.6 is 23.2 Å². The molecular weight excluding hydrogens is 251 g/mol. The first-order valence-electron chi connectivity index (χ1n) is 4.86. The first-order chi connectivity index (χ1) is 7.68. The van der Waals surface area contributed by atoms with Crippen LogP contribution in [0.3, 0.4) is 0 Å². The third-order valence-corrected chi connectivity index (χ3v) is 2.86. The molecule has 1 aliphatic rings. The van der Waals surface area contributed by atoms with Gasteiger partial charge in [0.05, 0.1) is 23.8 Å². The van der Waals surface area contributed by atoms with Crippen LogP contribution in [0.15, 0.2) is 12.3 Å². The predicted molar refractivity (Wildman–Crippen MR) is 61.0 cm³/mol. The number of nitrogens with zero attached hydrogens (tertiary/aromatic N) is 2. The zero-order chi connectivity index (χ0) is 11.5. The zero-order valence-electron chi connectivity index (χ0n) is 8.45. The second kappa shape index (κ2) is 4.99. The second-order valence-electron chi connectivity index (χ2n) is 3.39. The molecule has 1 fully saturated rings. The molecule has 0 N–H and O–H groups in total. The van der Waals surface area contributed by atoms with Gasteiger partial charge in [-0.05, 0) is 6.07 Å². The summed E-state index contributed by atoms with van der Waals surface area (Å²) in [5, 5.41) is 0.585. The van der Waals surface area contributed by atoms with Crippen molar-refractivity contribution in [2.45, 2.75) is 0 Å². The molecule has 1 amide bonds. The molecule has 0 saturated carbocycles. The molecule has 1 saturated heterocycles. The standard InChI is InChI=1S/C10H10Cl2N2O2/c11-8-6-13-9(12)5-7(8)10(15)14-1-3-16-4-2-14/h5-6H,1-4H2. The van der Waals surface area contributed by atoms with E-state index in [1.165, 1.54) is 12.3 Å². The SMILES string of the molecule is O=C(c1cc(Cl)ncc1Cl)N1CCOCC1. The zero-order valence-corrected chi connectivity index (χ0v) is 9.96. The van der Waals surface area contributed by atoms with E-state index in [9.17, 15) is 4.79 Å². The summed E-state index contributed by atoms with van der Waals surface area (Å²) in [6.07, 6.45) is 1.39. The van der Waals surface area contributed by atoms with Crippen molar-refractivity contribution < 1.29 is 9.53 Å². The molecule has 0 aliphatic carbocycles. The molecule has 0 radical (unpaired) electrons. The lowest BCUT2D eigenvalue weighted by molar-refractivity contribution is 0.0303. The smallest absolute Gasteiger partial charge is 0.255 e. The highest BCUT2D eigenvalue weighted by molar-refractivity contribution is 6.35. The Labute approximate surface area is 103 Å². The minimum absolute atomic E-state index is 0.127. The monoisotopic (exact) mass is 260 g/mol. The van der Waals surface area contributed by atoms with Crippen LogP contribution < -0.4 is 0 Å². The van der Waals surface area contributed by atoms with Gasteiger partial charge in [0, 0.05) is 19.3 Å². The molecule has 16 heavy (non-hydrogen) atoms. The molecule has 0 unspecified atom stereocenters. The Balaban J connectivity index is 2.22. The molecule has 0 bridgehead atoms. The Bertz CT molecular complexity index is 406. The molecule has 1 aromatic heterocycles. The maximum Gasteiger partial charge on any atom is 0.255 e. The lowest BCUT2D eigenvalue weighted by Crippen LogP contribution is -2.40. The van der Waals surface area contributed by atoms with E-state index in [1.54, 1.807) is 4.90 Å². The molecule has 0 atom stereocenters. The van der Waals surface area contributed by atoms with E-state index >= 15 is 0 Å². The summed E-state index contributed by atoms with van der Waals surface area (Å²) in [7, 11) is 0. The second-order valence-corrected chi connectivity index (χ2v) is 4.19. The lowest BCUT2D eigenvalue weighted by atomic mass is 10.2. The Morgan fingerprint density at radius 3 is 2.75 bits per heavy atom. The first-order valence-corrected chi connectivity index (χ1v) is 5.62. The maximum atomic E-state index is 12.1. The van der Waals surface area contributed by atoms with Crippen LogP contribution in [0.25, 0.3) is 0 Å². The minimum atomic E-state index is -0.127. The van der Waals surface area contributed by atoms with Crippen molar-refractivity contribution in [1.82, 2.24) is 9.88 Å². The van der Waals surface area contributed by atoms with Crippen molar-refractivity contribution in [3.05, 3.63) is 28.0 Å². The van der Waals surface area contributed by atoms with E-state index in [2.05, 4.69) is 4.98 Å². The van der Waals surface area contributed by atoms with E-state index < -0.39 is 0 Å². The van der Waals surface area contributed by atoms with E-state index in [0.717, 1.165) is 0 Å².